The summed E-state index contributed by atoms with van der Waals surface area (Å²) in [6.07, 6.45) is 4.21. The number of nitrogens with zero attached hydrogens (tertiary/aromatic N) is 1. The number of methoxy groups -OCH3 is 1. The first-order valence-corrected chi connectivity index (χ1v) is 6.83. The molecule has 1 atom stereocenters. The quantitative estimate of drug-likeness (QED) is 0.792. The highest BCUT2D eigenvalue weighted by Crippen LogP contribution is 2.34. The molecule has 4 nitrogen and oxygen atoms in total. The van der Waals surface area contributed by atoms with Gasteiger partial charge < -0.3 is 10.1 Å². The third kappa shape index (κ3) is 4.00. The molecular formula is C12H18N2O2S. The van der Waals surface area contributed by atoms with Crippen LogP contribution in [0.25, 0.3) is 0 Å². The van der Waals surface area contributed by atoms with Gasteiger partial charge in [-0.1, -0.05) is 12.8 Å². The second-order valence-electron chi connectivity index (χ2n) is 4.62. The summed E-state index contributed by atoms with van der Waals surface area (Å²) in [4.78, 5) is 15.5. The van der Waals surface area contributed by atoms with E-state index < -0.39 is 0 Å². The van der Waals surface area contributed by atoms with Crippen LogP contribution in [-0.2, 0) is 16.0 Å². The smallest absolute Gasteiger partial charge is 0.311 e. The van der Waals surface area contributed by atoms with Crippen molar-refractivity contribution in [2.45, 2.75) is 38.6 Å². The molecule has 1 N–H and O–H groups in total. The minimum Gasteiger partial charge on any atom is -0.469 e. The maximum absolute atomic E-state index is 11.1. The van der Waals surface area contributed by atoms with Crippen molar-refractivity contribution in [2.75, 3.05) is 12.4 Å². The van der Waals surface area contributed by atoms with E-state index in [4.69, 9.17) is 0 Å². The number of hydrogen-bond donors (Lipinski definition) is 1. The van der Waals surface area contributed by atoms with Crippen LogP contribution in [0.3, 0.4) is 0 Å². The molecule has 1 fully saturated rings. The number of anilines is 1. The van der Waals surface area contributed by atoms with Gasteiger partial charge in [-0.25, -0.2) is 4.98 Å². The van der Waals surface area contributed by atoms with Gasteiger partial charge in [0.15, 0.2) is 5.13 Å². The summed E-state index contributed by atoms with van der Waals surface area (Å²) in [5, 5.41) is 6.19. The summed E-state index contributed by atoms with van der Waals surface area (Å²) in [5.41, 5.74) is 0.781. The Morgan fingerprint density at radius 3 is 3.12 bits per heavy atom. The molecule has 94 valence electrons. The first kappa shape index (κ1) is 12.4. The van der Waals surface area contributed by atoms with Crippen LogP contribution in [0.1, 0.15) is 31.9 Å². The zero-order valence-electron chi connectivity index (χ0n) is 10.2. The predicted octanol–water partition coefficient (Wildman–Crippen LogP) is 2.46. The summed E-state index contributed by atoms with van der Waals surface area (Å²) in [6.45, 7) is 2.18. The van der Waals surface area contributed by atoms with E-state index in [0.717, 1.165) is 16.7 Å². The Morgan fingerprint density at radius 1 is 1.71 bits per heavy atom. The molecule has 2 rings (SSSR count). The first-order chi connectivity index (χ1) is 8.17. The number of thiazole rings is 1. The van der Waals surface area contributed by atoms with Crippen LogP contribution in [-0.4, -0.2) is 24.1 Å². The molecule has 5 heteroatoms. The van der Waals surface area contributed by atoms with Crippen LogP contribution >= 0.6 is 11.3 Å². The monoisotopic (exact) mass is 254 g/mol. The molecular weight excluding hydrogens is 236 g/mol. The van der Waals surface area contributed by atoms with Crippen molar-refractivity contribution in [1.29, 1.82) is 0 Å². The van der Waals surface area contributed by atoms with Gasteiger partial charge in [0.2, 0.25) is 0 Å². The van der Waals surface area contributed by atoms with Gasteiger partial charge in [0.25, 0.3) is 0 Å². The molecule has 1 aliphatic rings. The van der Waals surface area contributed by atoms with E-state index in [1.54, 1.807) is 11.3 Å². The van der Waals surface area contributed by atoms with Crippen molar-refractivity contribution in [3.63, 3.8) is 0 Å². The minimum absolute atomic E-state index is 0.243. The van der Waals surface area contributed by atoms with Crippen molar-refractivity contribution in [2.24, 2.45) is 5.92 Å². The van der Waals surface area contributed by atoms with E-state index in [2.05, 4.69) is 22.0 Å². The van der Waals surface area contributed by atoms with Crippen LogP contribution in [0.2, 0.25) is 0 Å². The number of carbonyl (C=O) groups excluding carboxylic acids is 1. The number of nitrogens with one attached hydrogen (secondary N) is 1. The lowest BCUT2D eigenvalue weighted by molar-refractivity contribution is -0.139. The van der Waals surface area contributed by atoms with Crippen molar-refractivity contribution in [3.05, 3.63) is 11.1 Å². The number of rotatable bonds is 6. The molecule has 1 aliphatic carbocycles. The molecule has 0 bridgehead atoms. The Balaban J connectivity index is 1.82. The molecule has 0 aliphatic heterocycles. The van der Waals surface area contributed by atoms with Gasteiger partial charge in [-0.05, 0) is 19.3 Å². The van der Waals surface area contributed by atoms with Crippen molar-refractivity contribution in [3.8, 4) is 0 Å². The van der Waals surface area contributed by atoms with E-state index in [1.807, 2.05) is 5.38 Å². The van der Waals surface area contributed by atoms with Crippen molar-refractivity contribution >= 4 is 22.4 Å². The van der Waals surface area contributed by atoms with Gasteiger partial charge in [-0.2, -0.15) is 0 Å². The molecule has 1 saturated carbocycles. The molecule has 0 radical (unpaired) electrons. The summed E-state index contributed by atoms with van der Waals surface area (Å²) in [7, 11) is 1.39. The largest absolute Gasteiger partial charge is 0.469 e. The predicted molar refractivity (Wildman–Crippen MR) is 68.3 cm³/mol. The summed E-state index contributed by atoms with van der Waals surface area (Å²) < 4.78 is 4.61. The van der Waals surface area contributed by atoms with E-state index in [1.165, 1.54) is 26.4 Å². The Bertz CT molecular complexity index is 388. The van der Waals surface area contributed by atoms with Crippen LogP contribution in [0.15, 0.2) is 5.38 Å². The fraction of sp³-hybridized carbons (Fsp3) is 0.667. The van der Waals surface area contributed by atoms with Gasteiger partial charge in [0.05, 0.1) is 19.2 Å². The average Bonchev–Trinajstić information content (AvgIpc) is 2.99. The molecule has 0 saturated heterocycles. The van der Waals surface area contributed by atoms with Gasteiger partial charge in [-0.15, -0.1) is 11.3 Å². The maximum Gasteiger partial charge on any atom is 0.311 e. The Morgan fingerprint density at radius 2 is 2.47 bits per heavy atom. The second kappa shape index (κ2) is 5.49. The lowest BCUT2D eigenvalue weighted by Gasteiger charge is -2.11. The van der Waals surface area contributed by atoms with Crippen LogP contribution in [0.5, 0.6) is 0 Å². The van der Waals surface area contributed by atoms with Crippen molar-refractivity contribution < 1.29 is 9.53 Å². The Hall–Kier alpha value is -1.10. The number of ether oxygens (including phenoxy) is 1. The fourth-order valence-electron chi connectivity index (χ4n) is 1.80. The molecule has 17 heavy (non-hydrogen) atoms. The molecule has 1 unspecified atom stereocenters. The zero-order chi connectivity index (χ0) is 12.3. The third-order valence-electron chi connectivity index (χ3n) is 2.86. The van der Waals surface area contributed by atoms with E-state index in [9.17, 15) is 4.79 Å². The highest BCUT2D eigenvalue weighted by Gasteiger charge is 2.23. The topological polar surface area (TPSA) is 51.2 Å². The molecule has 0 spiro atoms. The SMILES string of the molecule is COC(=O)Cc1csc(NC(C)CC2CC2)n1. The minimum atomic E-state index is -0.243. The summed E-state index contributed by atoms with van der Waals surface area (Å²) in [5.74, 6) is 0.667. The van der Waals surface area contributed by atoms with Gasteiger partial charge >= 0.3 is 5.97 Å². The van der Waals surface area contributed by atoms with E-state index >= 15 is 0 Å². The second-order valence-corrected chi connectivity index (χ2v) is 5.48. The zero-order valence-corrected chi connectivity index (χ0v) is 11.0. The molecule has 0 amide bonds. The molecule has 0 aromatic carbocycles. The first-order valence-electron chi connectivity index (χ1n) is 5.95. The van der Waals surface area contributed by atoms with Gasteiger partial charge in [0, 0.05) is 11.4 Å². The lowest BCUT2D eigenvalue weighted by Crippen LogP contribution is -2.15. The average molecular weight is 254 g/mol. The highest BCUT2D eigenvalue weighted by atomic mass is 32.1. The number of esters is 1. The number of carbonyl (C=O) groups is 1. The van der Waals surface area contributed by atoms with Gasteiger partial charge in [-0.3, -0.25) is 4.79 Å². The number of aromatic nitrogens is 1. The van der Waals surface area contributed by atoms with E-state index in [0.29, 0.717) is 6.04 Å². The van der Waals surface area contributed by atoms with Crippen LogP contribution < -0.4 is 5.32 Å². The molecule has 1 heterocycles. The Labute approximate surface area is 105 Å². The normalized spacial score (nSPS) is 16.6. The summed E-state index contributed by atoms with van der Waals surface area (Å²) >= 11 is 1.55. The van der Waals surface area contributed by atoms with Crippen molar-refractivity contribution in [1.82, 2.24) is 4.98 Å². The van der Waals surface area contributed by atoms with E-state index in [-0.39, 0.29) is 12.4 Å². The van der Waals surface area contributed by atoms with Crippen LogP contribution in [0, 0.1) is 5.92 Å². The number of hydrogen-bond acceptors (Lipinski definition) is 5. The van der Waals surface area contributed by atoms with Gasteiger partial charge in [0.1, 0.15) is 0 Å². The standard InChI is InChI=1S/C12H18N2O2S/c1-8(5-9-3-4-9)13-12-14-10(7-17-12)6-11(15)16-2/h7-9H,3-6H2,1-2H3,(H,13,14). The summed E-state index contributed by atoms with van der Waals surface area (Å²) in [6, 6.07) is 0.458. The fourth-order valence-corrected chi connectivity index (χ4v) is 2.62. The molecule has 1 aromatic heterocycles. The molecule has 1 aromatic rings. The highest BCUT2D eigenvalue weighted by molar-refractivity contribution is 7.13. The van der Waals surface area contributed by atoms with Crippen LogP contribution in [0.4, 0.5) is 5.13 Å². The Kier molecular flexibility index (Phi) is 3.99. The maximum atomic E-state index is 11.1. The lowest BCUT2D eigenvalue weighted by atomic mass is 10.2. The third-order valence-corrected chi connectivity index (χ3v) is 3.68.